The van der Waals surface area contributed by atoms with Crippen molar-refractivity contribution in [3.63, 3.8) is 0 Å². The molecule has 0 aliphatic carbocycles. The monoisotopic (exact) mass is 423 g/mol. The molecule has 1 atom stereocenters. The van der Waals surface area contributed by atoms with Crippen molar-refractivity contribution in [1.82, 2.24) is 9.55 Å². The van der Waals surface area contributed by atoms with E-state index >= 15 is 0 Å². The Morgan fingerprint density at radius 2 is 2.03 bits per heavy atom. The Morgan fingerprint density at radius 3 is 2.81 bits per heavy atom. The smallest absolute Gasteiger partial charge is 0.406 e. The van der Waals surface area contributed by atoms with Gasteiger partial charge >= 0.3 is 5.82 Å². The molecule has 0 amide bonds. The number of benzene rings is 1. The highest BCUT2D eigenvalue weighted by atomic mass is 16.6. The SMILES string of the molecule is Cc1cc(C(=O)COc2cccnc2[N+](=O)[O-])c(C)n1CC1COc2ccccc2O1. The molecular weight excluding hydrogens is 402 g/mol. The number of fused-ring (bicyclic) bond motifs is 1. The predicted molar refractivity (Wildman–Crippen MR) is 111 cm³/mol. The van der Waals surface area contributed by atoms with Crippen molar-refractivity contribution in [2.24, 2.45) is 0 Å². The van der Waals surface area contributed by atoms with Crippen molar-refractivity contribution < 1.29 is 23.9 Å². The van der Waals surface area contributed by atoms with E-state index in [4.69, 9.17) is 14.2 Å². The van der Waals surface area contributed by atoms with Crippen LogP contribution in [0.1, 0.15) is 21.7 Å². The largest absolute Gasteiger partial charge is 0.486 e. The molecule has 0 saturated carbocycles. The number of Topliss-reactive ketones (excluding diaryl/α,β-unsaturated/α-hetero) is 1. The van der Waals surface area contributed by atoms with Gasteiger partial charge in [0, 0.05) is 17.0 Å². The lowest BCUT2D eigenvalue weighted by Gasteiger charge is -2.27. The van der Waals surface area contributed by atoms with Crippen molar-refractivity contribution in [1.29, 1.82) is 0 Å². The summed E-state index contributed by atoms with van der Waals surface area (Å²) in [7, 11) is 0. The molecule has 0 N–H and O–H groups in total. The Hall–Kier alpha value is -3.88. The van der Waals surface area contributed by atoms with E-state index in [0.717, 1.165) is 17.1 Å². The summed E-state index contributed by atoms with van der Waals surface area (Å²) in [6.45, 7) is 4.37. The van der Waals surface area contributed by atoms with Crippen molar-refractivity contribution in [3.05, 3.63) is 75.7 Å². The molecule has 4 rings (SSSR count). The molecule has 0 spiro atoms. The van der Waals surface area contributed by atoms with Gasteiger partial charge in [0.25, 0.3) is 0 Å². The molecule has 3 aromatic rings. The molecule has 0 bridgehead atoms. The Kier molecular flexibility index (Phi) is 5.57. The zero-order valence-corrected chi connectivity index (χ0v) is 17.1. The number of ether oxygens (including phenoxy) is 3. The second kappa shape index (κ2) is 8.47. The number of carbonyl (C=O) groups excluding carboxylic acids is 1. The summed E-state index contributed by atoms with van der Waals surface area (Å²) < 4.78 is 19.2. The van der Waals surface area contributed by atoms with Crippen LogP contribution < -0.4 is 14.2 Å². The highest BCUT2D eigenvalue weighted by Gasteiger charge is 2.24. The fourth-order valence-electron chi connectivity index (χ4n) is 3.57. The first-order valence-electron chi connectivity index (χ1n) is 9.74. The first-order chi connectivity index (χ1) is 14.9. The highest BCUT2D eigenvalue weighted by molar-refractivity contribution is 5.98. The molecule has 9 heteroatoms. The number of ketones is 1. The second-order valence-corrected chi connectivity index (χ2v) is 7.19. The molecule has 1 unspecified atom stereocenters. The number of pyridine rings is 1. The minimum absolute atomic E-state index is 0.0407. The predicted octanol–water partition coefficient (Wildman–Crippen LogP) is 3.51. The Balaban J connectivity index is 1.46. The van der Waals surface area contributed by atoms with Gasteiger partial charge < -0.3 is 28.9 Å². The second-order valence-electron chi connectivity index (χ2n) is 7.19. The first kappa shape index (κ1) is 20.4. The van der Waals surface area contributed by atoms with E-state index in [1.54, 1.807) is 6.07 Å². The summed E-state index contributed by atoms with van der Waals surface area (Å²) >= 11 is 0. The third-order valence-corrected chi connectivity index (χ3v) is 5.11. The molecule has 1 aliphatic heterocycles. The normalized spacial score (nSPS) is 14.8. The first-order valence-corrected chi connectivity index (χ1v) is 9.74. The van der Waals surface area contributed by atoms with Crippen LogP contribution in [0.2, 0.25) is 0 Å². The van der Waals surface area contributed by atoms with Gasteiger partial charge in [0.1, 0.15) is 12.8 Å². The number of hydrogen-bond donors (Lipinski definition) is 0. The summed E-state index contributed by atoms with van der Waals surface area (Å²) in [5.41, 5.74) is 2.17. The molecule has 9 nitrogen and oxygen atoms in total. The zero-order valence-electron chi connectivity index (χ0n) is 17.1. The number of carbonyl (C=O) groups is 1. The fraction of sp³-hybridized carbons (Fsp3) is 0.273. The van der Waals surface area contributed by atoms with Gasteiger partial charge in [-0.2, -0.15) is 0 Å². The van der Waals surface area contributed by atoms with Gasteiger partial charge in [-0.05, 0) is 54.1 Å². The summed E-state index contributed by atoms with van der Waals surface area (Å²) in [6.07, 6.45) is 1.10. The van der Waals surface area contributed by atoms with Crippen LogP contribution in [-0.4, -0.2) is 39.6 Å². The van der Waals surface area contributed by atoms with Crippen molar-refractivity contribution in [3.8, 4) is 17.2 Å². The summed E-state index contributed by atoms with van der Waals surface area (Å²) in [4.78, 5) is 26.9. The van der Waals surface area contributed by atoms with Crippen LogP contribution in [0.25, 0.3) is 0 Å². The molecule has 0 radical (unpaired) electrons. The van der Waals surface area contributed by atoms with Crippen LogP contribution in [0.4, 0.5) is 5.82 Å². The lowest BCUT2D eigenvalue weighted by atomic mass is 10.1. The van der Waals surface area contributed by atoms with Gasteiger partial charge in [-0.15, -0.1) is 0 Å². The molecule has 1 aliphatic rings. The van der Waals surface area contributed by atoms with Gasteiger partial charge in [0.2, 0.25) is 11.5 Å². The molecule has 3 heterocycles. The number of nitrogens with zero attached hydrogens (tertiary/aromatic N) is 3. The lowest BCUT2D eigenvalue weighted by molar-refractivity contribution is -0.390. The number of rotatable bonds is 7. The van der Waals surface area contributed by atoms with Crippen LogP contribution in [0.3, 0.4) is 0 Å². The average molecular weight is 423 g/mol. The van der Waals surface area contributed by atoms with Crippen molar-refractivity contribution in [2.75, 3.05) is 13.2 Å². The minimum atomic E-state index is -0.643. The van der Waals surface area contributed by atoms with Crippen LogP contribution >= 0.6 is 0 Å². The van der Waals surface area contributed by atoms with Crippen LogP contribution in [-0.2, 0) is 6.54 Å². The number of nitro groups is 1. The van der Waals surface area contributed by atoms with E-state index < -0.39 is 10.7 Å². The third kappa shape index (κ3) is 4.20. The van der Waals surface area contributed by atoms with Crippen LogP contribution in [0.5, 0.6) is 17.2 Å². The van der Waals surface area contributed by atoms with Crippen molar-refractivity contribution in [2.45, 2.75) is 26.5 Å². The topological polar surface area (TPSA) is 106 Å². The van der Waals surface area contributed by atoms with E-state index in [1.165, 1.54) is 18.3 Å². The quantitative estimate of drug-likeness (QED) is 0.325. The minimum Gasteiger partial charge on any atom is -0.486 e. The van der Waals surface area contributed by atoms with E-state index in [2.05, 4.69) is 4.98 Å². The van der Waals surface area contributed by atoms with Gasteiger partial charge in [-0.25, -0.2) is 0 Å². The van der Waals surface area contributed by atoms with Gasteiger partial charge in [-0.3, -0.25) is 4.79 Å². The number of para-hydroxylation sites is 2. The summed E-state index contributed by atoms with van der Waals surface area (Å²) in [6, 6.07) is 12.2. The molecule has 0 fully saturated rings. The Morgan fingerprint density at radius 1 is 1.26 bits per heavy atom. The summed E-state index contributed by atoms with van der Waals surface area (Å²) in [5, 5.41) is 11.1. The maximum atomic E-state index is 12.8. The molecule has 31 heavy (non-hydrogen) atoms. The molecule has 1 aromatic carbocycles. The molecule has 0 saturated heterocycles. The van der Waals surface area contributed by atoms with Gasteiger partial charge in [0.05, 0.1) is 6.54 Å². The Labute approximate surface area is 178 Å². The van der Waals surface area contributed by atoms with E-state index in [-0.39, 0.29) is 24.2 Å². The van der Waals surface area contributed by atoms with Gasteiger partial charge in [0.15, 0.2) is 24.2 Å². The molecule has 2 aromatic heterocycles. The number of aryl methyl sites for hydroxylation is 1. The molecular formula is C22H21N3O6. The maximum Gasteiger partial charge on any atom is 0.406 e. The number of aromatic nitrogens is 2. The third-order valence-electron chi connectivity index (χ3n) is 5.11. The van der Waals surface area contributed by atoms with E-state index in [9.17, 15) is 14.9 Å². The standard InChI is InChI=1S/C22H21N3O6/c1-14-10-17(18(26)13-30-21-8-5-9-23-22(21)25(27)28)15(2)24(14)11-16-12-29-19-6-3-4-7-20(19)31-16/h3-10,16H,11-13H2,1-2H3. The maximum absolute atomic E-state index is 12.8. The summed E-state index contributed by atoms with van der Waals surface area (Å²) in [5.74, 6) is 0.682. The van der Waals surface area contributed by atoms with E-state index in [1.807, 2.05) is 42.7 Å². The average Bonchev–Trinajstić information content (AvgIpc) is 3.06. The fourth-order valence-corrected chi connectivity index (χ4v) is 3.57. The number of hydrogen-bond acceptors (Lipinski definition) is 7. The zero-order chi connectivity index (χ0) is 22.0. The van der Waals surface area contributed by atoms with E-state index in [0.29, 0.717) is 24.5 Å². The van der Waals surface area contributed by atoms with Crippen LogP contribution in [0, 0.1) is 24.0 Å². The van der Waals surface area contributed by atoms with Crippen molar-refractivity contribution >= 4 is 11.6 Å². The van der Waals surface area contributed by atoms with Gasteiger partial charge in [-0.1, -0.05) is 12.1 Å². The Bertz CT molecular complexity index is 1140. The highest BCUT2D eigenvalue weighted by Crippen LogP contribution is 2.31. The lowest BCUT2D eigenvalue weighted by Crippen LogP contribution is -2.33. The molecule has 160 valence electrons. The van der Waals surface area contributed by atoms with Crippen LogP contribution in [0.15, 0.2) is 48.7 Å².